The summed E-state index contributed by atoms with van der Waals surface area (Å²) in [6.07, 6.45) is 0.675. The molecule has 2 rings (SSSR count). The minimum atomic E-state index is 0.387. The van der Waals surface area contributed by atoms with Crippen LogP contribution in [0.3, 0.4) is 0 Å². The summed E-state index contributed by atoms with van der Waals surface area (Å²) in [5, 5.41) is 9.24. The van der Waals surface area contributed by atoms with Gasteiger partial charge in [-0.05, 0) is 25.1 Å². The van der Waals surface area contributed by atoms with Crippen molar-refractivity contribution in [1.29, 1.82) is 5.26 Å². The van der Waals surface area contributed by atoms with Crippen LogP contribution in [0.4, 0.5) is 0 Å². The zero-order chi connectivity index (χ0) is 13.8. The molecule has 0 bridgehead atoms. The van der Waals surface area contributed by atoms with Crippen molar-refractivity contribution >= 4 is 11.6 Å². The van der Waals surface area contributed by atoms with Crippen molar-refractivity contribution in [2.24, 2.45) is 0 Å². The van der Waals surface area contributed by atoms with Crippen LogP contribution in [-0.4, -0.2) is 9.97 Å². The number of hydrogen-bond donors (Lipinski definition) is 0. The van der Waals surface area contributed by atoms with Crippen LogP contribution in [0.2, 0.25) is 5.15 Å². The van der Waals surface area contributed by atoms with Crippen LogP contribution in [0.15, 0.2) is 24.3 Å². The largest absolute Gasteiger partial charge is 0.439 e. The van der Waals surface area contributed by atoms with Gasteiger partial charge in [-0.2, -0.15) is 10.2 Å². The third-order valence-corrected chi connectivity index (χ3v) is 2.95. The van der Waals surface area contributed by atoms with Crippen LogP contribution in [0, 0.1) is 18.3 Å². The van der Waals surface area contributed by atoms with E-state index < -0.39 is 0 Å². The van der Waals surface area contributed by atoms with E-state index in [0.29, 0.717) is 40.2 Å². The minimum Gasteiger partial charge on any atom is -0.439 e. The van der Waals surface area contributed by atoms with Crippen LogP contribution in [0.25, 0.3) is 0 Å². The Kier molecular flexibility index (Phi) is 3.98. The predicted molar refractivity (Wildman–Crippen MR) is 72.4 cm³/mol. The summed E-state index contributed by atoms with van der Waals surface area (Å²) >= 11 is 6.04. The first-order valence-electron chi connectivity index (χ1n) is 5.85. The van der Waals surface area contributed by atoms with Gasteiger partial charge in [0.1, 0.15) is 16.7 Å². The molecule has 0 radical (unpaired) electrons. The lowest BCUT2D eigenvalue weighted by molar-refractivity contribution is 0.454. The number of nitriles is 1. The first-order valence-corrected chi connectivity index (χ1v) is 6.23. The van der Waals surface area contributed by atoms with Crippen molar-refractivity contribution < 1.29 is 4.74 Å². The van der Waals surface area contributed by atoms with E-state index in [0.717, 1.165) is 0 Å². The molecule has 1 aromatic heterocycles. The van der Waals surface area contributed by atoms with E-state index >= 15 is 0 Å². The molecule has 0 saturated carbocycles. The molecule has 4 nitrogen and oxygen atoms in total. The molecule has 0 amide bonds. The van der Waals surface area contributed by atoms with E-state index in [4.69, 9.17) is 21.6 Å². The smallest absolute Gasteiger partial charge is 0.226 e. The Morgan fingerprint density at radius 1 is 1.37 bits per heavy atom. The molecule has 0 fully saturated rings. The average molecular weight is 274 g/mol. The van der Waals surface area contributed by atoms with Crippen LogP contribution in [0.5, 0.6) is 11.6 Å². The third kappa shape index (κ3) is 3.01. The highest BCUT2D eigenvalue weighted by molar-refractivity contribution is 6.30. The molecule has 1 heterocycles. The molecule has 19 heavy (non-hydrogen) atoms. The quantitative estimate of drug-likeness (QED) is 0.801. The minimum absolute atomic E-state index is 0.387. The number of aromatic nitrogens is 2. The van der Waals surface area contributed by atoms with Gasteiger partial charge in [-0.3, -0.25) is 0 Å². The van der Waals surface area contributed by atoms with Gasteiger partial charge in [0.25, 0.3) is 0 Å². The predicted octanol–water partition coefficient (Wildman–Crippen LogP) is 3.66. The van der Waals surface area contributed by atoms with Gasteiger partial charge in [0, 0.05) is 12.0 Å². The van der Waals surface area contributed by atoms with E-state index in [1.54, 1.807) is 31.2 Å². The van der Waals surface area contributed by atoms with Crippen molar-refractivity contribution in [2.75, 3.05) is 0 Å². The molecule has 0 N–H and O–H groups in total. The number of rotatable bonds is 3. The van der Waals surface area contributed by atoms with Crippen LogP contribution in [-0.2, 0) is 6.42 Å². The number of ether oxygens (including phenoxy) is 1. The van der Waals surface area contributed by atoms with Crippen molar-refractivity contribution in [3.63, 3.8) is 0 Å². The Hall–Kier alpha value is -2.12. The molecule has 96 valence electrons. The van der Waals surface area contributed by atoms with Crippen LogP contribution >= 0.6 is 11.6 Å². The maximum absolute atomic E-state index is 8.86. The number of halogens is 1. The summed E-state index contributed by atoms with van der Waals surface area (Å²) in [6.45, 7) is 3.74. The van der Waals surface area contributed by atoms with Gasteiger partial charge in [0.05, 0.1) is 11.6 Å². The first kappa shape index (κ1) is 13.3. The fourth-order valence-corrected chi connectivity index (χ4v) is 1.69. The monoisotopic (exact) mass is 273 g/mol. The molecule has 0 aliphatic rings. The highest BCUT2D eigenvalue weighted by atomic mass is 35.5. The van der Waals surface area contributed by atoms with E-state index in [-0.39, 0.29) is 0 Å². The molecule has 0 atom stereocenters. The molecule has 0 aliphatic heterocycles. The zero-order valence-corrected chi connectivity index (χ0v) is 11.4. The number of hydrogen-bond acceptors (Lipinski definition) is 4. The van der Waals surface area contributed by atoms with Gasteiger partial charge in [0.2, 0.25) is 5.88 Å². The number of nitrogens with zero attached hydrogens (tertiary/aromatic N) is 3. The summed E-state index contributed by atoms with van der Waals surface area (Å²) < 4.78 is 5.69. The molecule has 2 aromatic rings. The summed E-state index contributed by atoms with van der Waals surface area (Å²) in [6, 6.07) is 8.95. The maximum atomic E-state index is 8.86. The molecule has 0 aliphatic carbocycles. The Labute approximate surface area is 116 Å². The lowest BCUT2D eigenvalue weighted by Gasteiger charge is -2.10. The second kappa shape index (κ2) is 5.68. The SMILES string of the molecule is CCc1nc(Cl)c(C)c(Oc2cccc(C#N)c2)n1. The van der Waals surface area contributed by atoms with Gasteiger partial charge in [-0.25, -0.2) is 4.98 Å². The number of benzene rings is 1. The van der Waals surface area contributed by atoms with Gasteiger partial charge in [0.15, 0.2) is 0 Å². The standard InChI is InChI=1S/C14H12ClN3O/c1-3-12-17-13(15)9(2)14(18-12)19-11-6-4-5-10(7-11)8-16/h4-7H,3H2,1-2H3. The first-order chi connectivity index (χ1) is 9.13. The second-order valence-electron chi connectivity index (χ2n) is 3.96. The van der Waals surface area contributed by atoms with Crippen molar-refractivity contribution in [3.05, 3.63) is 46.4 Å². The zero-order valence-electron chi connectivity index (χ0n) is 10.6. The molecule has 0 spiro atoms. The average Bonchev–Trinajstić information content (AvgIpc) is 2.43. The van der Waals surface area contributed by atoms with E-state index in [1.165, 1.54) is 0 Å². The second-order valence-corrected chi connectivity index (χ2v) is 4.31. The van der Waals surface area contributed by atoms with Gasteiger partial charge >= 0.3 is 0 Å². The Balaban J connectivity index is 2.37. The topological polar surface area (TPSA) is 58.8 Å². The number of aryl methyl sites for hydroxylation is 1. The van der Waals surface area contributed by atoms with E-state index in [2.05, 4.69) is 16.0 Å². The van der Waals surface area contributed by atoms with Gasteiger partial charge in [-0.15, -0.1) is 0 Å². The molecule has 1 aromatic carbocycles. The van der Waals surface area contributed by atoms with Crippen LogP contribution < -0.4 is 4.74 Å². The Bertz CT molecular complexity index is 650. The highest BCUT2D eigenvalue weighted by Crippen LogP contribution is 2.27. The van der Waals surface area contributed by atoms with Gasteiger partial charge in [-0.1, -0.05) is 24.6 Å². The fourth-order valence-electron chi connectivity index (χ4n) is 1.51. The van der Waals surface area contributed by atoms with E-state index in [1.807, 2.05) is 6.92 Å². The van der Waals surface area contributed by atoms with E-state index in [9.17, 15) is 0 Å². The summed E-state index contributed by atoms with van der Waals surface area (Å²) in [4.78, 5) is 8.45. The molecular weight excluding hydrogens is 262 g/mol. The molecule has 5 heteroatoms. The molecular formula is C14H12ClN3O. The summed E-state index contributed by atoms with van der Waals surface area (Å²) in [7, 11) is 0. The van der Waals surface area contributed by atoms with Gasteiger partial charge < -0.3 is 4.74 Å². The normalized spacial score (nSPS) is 10.0. The third-order valence-electron chi connectivity index (χ3n) is 2.58. The lowest BCUT2D eigenvalue weighted by atomic mass is 10.2. The van der Waals surface area contributed by atoms with Crippen molar-refractivity contribution in [1.82, 2.24) is 9.97 Å². The van der Waals surface area contributed by atoms with Crippen LogP contribution in [0.1, 0.15) is 23.9 Å². The molecule has 0 unspecified atom stereocenters. The van der Waals surface area contributed by atoms with Crippen molar-refractivity contribution in [3.8, 4) is 17.7 Å². The van der Waals surface area contributed by atoms with Crippen molar-refractivity contribution in [2.45, 2.75) is 20.3 Å². The summed E-state index contributed by atoms with van der Waals surface area (Å²) in [5.41, 5.74) is 1.22. The Morgan fingerprint density at radius 3 is 2.84 bits per heavy atom. The highest BCUT2D eigenvalue weighted by Gasteiger charge is 2.11. The summed E-state index contributed by atoms with van der Waals surface area (Å²) in [5.74, 6) is 1.60. The maximum Gasteiger partial charge on any atom is 0.226 e. The lowest BCUT2D eigenvalue weighted by Crippen LogP contribution is -2.00. The Morgan fingerprint density at radius 2 is 2.16 bits per heavy atom. The molecule has 0 saturated heterocycles. The fraction of sp³-hybridized carbons (Fsp3) is 0.214.